The zero-order chi connectivity index (χ0) is 9.69. The minimum absolute atomic E-state index is 0.311. The van der Waals surface area contributed by atoms with Gasteiger partial charge >= 0.3 is 0 Å². The Hall–Kier alpha value is -0.420. The summed E-state index contributed by atoms with van der Waals surface area (Å²) in [6.45, 7) is 5.59. The zero-order valence-electron chi connectivity index (χ0n) is 7.56. The van der Waals surface area contributed by atoms with Crippen molar-refractivity contribution in [2.45, 2.75) is 36.9 Å². The van der Waals surface area contributed by atoms with Crippen LogP contribution in [0.15, 0.2) is 12.7 Å². The number of hydrogen-bond acceptors (Lipinski definition) is 4. The second-order valence-electron chi connectivity index (χ2n) is 3.97. The molecule has 2 saturated heterocycles. The molecule has 2 aliphatic rings. The predicted molar refractivity (Wildman–Crippen MR) is 45.0 cm³/mol. The molecule has 0 aliphatic carbocycles. The van der Waals surface area contributed by atoms with Gasteiger partial charge in [0.25, 0.3) is 0 Å². The fraction of sp³-hybridized carbons (Fsp3) is 0.778. The van der Waals surface area contributed by atoms with Crippen LogP contribution in [0, 0.1) is 0 Å². The van der Waals surface area contributed by atoms with Gasteiger partial charge < -0.3 is 19.7 Å². The molecule has 0 saturated carbocycles. The molecule has 0 amide bonds. The van der Waals surface area contributed by atoms with Gasteiger partial charge in [0.05, 0.1) is 6.61 Å². The van der Waals surface area contributed by atoms with E-state index in [1.54, 1.807) is 6.92 Å². The fourth-order valence-corrected chi connectivity index (χ4v) is 1.90. The summed E-state index contributed by atoms with van der Waals surface area (Å²) in [5.41, 5.74) is -0.597. The van der Waals surface area contributed by atoms with Crippen LogP contribution in [0.4, 0.5) is 0 Å². The van der Waals surface area contributed by atoms with E-state index in [1.807, 2.05) is 0 Å². The average molecular weight is 186 g/mol. The lowest BCUT2D eigenvalue weighted by Gasteiger charge is -2.40. The third kappa shape index (κ3) is 1.40. The highest BCUT2D eigenvalue weighted by atomic mass is 16.7. The zero-order valence-corrected chi connectivity index (χ0v) is 7.56. The molecule has 0 bridgehead atoms. The van der Waals surface area contributed by atoms with Crippen LogP contribution < -0.4 is 0 Å². The molecule has 2 aliphatic heterocycles. The molecule has 2 rings (SSSR count). The van der Waals surface area contributed by atoms with Crippen molar-refractivity contribution >= 4 is 0 Å². The molecular weight excluding hydrogens is 172 g/mol. The maximum atomic E-state index is 9.76. The summed E-state index contributed by atoms with van der Waals surface area (Å²) in [6, 6.07) is 0. The Labute approximate surface area is 76.8 Å². The van der Waals surface area contributed by atoms with E-state index in [9.17, 15) is 10.2 Å². The number of rotatable bonds is 1. The van der Waals surface area contributed by atoms with E-state index in [1.165, 1.54) is 6.08 Å². The van der Waals surface area contributed by atoms with E-state index in [2.05, 4.69) is 6.58 Å². The highest BCUT2D eigenvalue weighted by Gasteiger charge is 2.61. The number of ether oxygens (including phenoxy) is 2. The molecule has 0 radical (unpaired) electrons. The van der Waals surface area contributed by atoms with Gasteiger partial charge in [-0.15, -0.1) is 6.58 Å². The van der Waals surface area contributed by atoms with Gasteiger partial charge in [0.1, 0.15) is 17.8 Å². The maximum absolute atomic E-state index is 9.76. The lowest BCUT2D eigenvalue weighted by Crippen LogP contribution is -2.54. The van der Waals surface area contributed by atoms with E-state index in [0.29, 0.717) is 13.0 Å². The SMILES string of the molecule is C=C[C@H]1O[C@](C)(O)C[C@@]2(CO2)[C@@H]1O. The quantitative estimate of drug-likeness (QED) is 0.440. The van der Waals surface area contributed by atoms with Crippen molar-refractivity contribution in [1.29, 1.82) is 0 Å². The van der Waals surface area contributed by atoms with Crippen LogP contribution in [0.3, 0.4) is 0 Å². The third-order valence-corrected chi connectivity index (χ3v) is 2.61. The Morgan fingerprint density at radius 1 is 1.62 bits per heavy atom. The summed E-state index contributed by atoms with van der Waals surface area (Å²) in [4.78, 5) is 0. The van der Waals surface area contributed by atoms with Crippen LogP contribution in [0.25, 0.3) is 0 Å². The Kier molecular flexibility index (Phi) is 1.79. The topological polar surface area (TPSA) is 62.2 Å². The van der Waals surface area contributed by atoms with Gasteiger partial charge in [0, 0.05) is 6.42 Å². The first-order valence-electron chi connectivity index (χ1n) is 4.34. The van der Waals surface area contributed by atoms with E-state index in [4.69, 9.17) is 9.47 Å². The number of epoxide rings is 1. The lowest BCUT2D eigenvalue weighted by atomic mass is 9.88. The maximum Gasteiger partial charge on any atom is 0.166 e. The van der Waals surface area contributed by atoms with Crippen LogP contribution >= 0.6 is 0 Å². The molecule has 0 aromatic heterocycles. The summed E-state index contributed by atoms with van der Waals surface area (Å²) in [7, 11) is 0. The Morgan fingerprint density at radius 2 is 2.23 bits per heavy atom. The molecule has 0 aromatic rings. The highest BCUT2D eigenvalue weighted by molar-refractivity contribution is 5.10. The Bertz CT molecular complexity index is 232. The molecule has 0 unspecified atom stereocenters. The predicted octanol–water partition coefficient (Wildman–Crippen LogP) is -0.200. The molecule has 2 heterocycles. The Morgan fingerprint density at radius 3 is 2.69 bits per heavy atom. The van der Waals surface area contributed by atoms with Crippen LogP contribution in [-0.2, 0) is 9.47 Å². The first-order valence-corrected chi connectivity index (χ1v) is 4.34. The lowest BCUT2D eigenvalue weighted by molar-refractivity contribution is -0.272. The van der Waals surface area contributed by atoms with Crippen LogP contribution in [-0.4, -0.2) is 40.4 Å². The highest BCUT2D eigenvalue weighted by Crippen LogP contribution is 2.45. The van der Waals surface area contributed by atoms with Crippen molar-refractivity contribution in [3.05, 3.63) is 12.7 Å². The minimum Gasteiger partial charge on any atom is -0.387 e. The van der Waals surface area contributed by atoms with Crippen LogP contribution in [0.1, 0.15) is 13.3 Å². The summed E-state index contributed by atoms with van der Waals surface area (Å²) >= 11 is 0. The number of hydrogen-bond donors (Lipinski definition) is 2. The van der Waals surface area contributed by atoms with Crippen molar-refractivity contribution in [2.75, 3.05) is 6.61 Å². The first kappa shape index (κ1) is 9.15. The molecule has 4 atom stereocenters. The first-order chi connectivity index (χ1) is 5.99. The van der Waals surface area contributed by atoms with Gasteiger partial charge in [-0.1, -0.05) is 6.08 Å². The molecule has 2 fully saturated rings. The van der Waals surface area contributed by atoms with Gasteiger partial charge in [-0.25, -0.2) is 0 Å². The van der Waals surface area contributed by atoms with Gasteiger partial charge in [0.15, 0.2) is 5.79 Å². The third-order valence-electron chi connectivity index (χ3n) is 2.61. The Balaban J connectivity index is 2.20. The van der Waals surface area contributed by atoms with Gasteiger partial charge in [0.2, 0.25) is 0 Å². The average Bonchev–Trinajstić information content (AvgIpc) is 2.77. The summed E-state index contributed by atoms with van der Waals surface area (Å²) in [5.74, 6) is -1.23. The second kappa shape index (κ2) is 2.54. The van der Waals surface area contributed by atoms with E-state index >= 15 is 0 Å². The summed E-state index contributed by atoms with van der Waals surface area (Å²) in [5, 5.41) is 19.5. The number of aliphatic hydroxyl groups excluding tert-OH is 1. The minimum atomic E-state index is -1.23. The van der Waals surface area contributed by atoms with Crippen molar-refractivity contribution in [1.82, 2.24) is 0 Å². The van der Waals surface area contributed by atoms with Crippen molar-refractivity contribution in [3.63, 3.8) is 0 Å². The van der Waals surface area contributed by atoms with E-state index in [-0.39, 0.29) is 0 Å². The smallest absolute Gasteiger partial charge is 0.166 e. The molecular formula is C9H14O4. The van der Waals surface area contributed by atoms with Gasteiger partial charge in [-0.05, 0) is 6.92 Å². The molecule has 13 heavy (non-hydrogen) atoms. The largest absolute Gasteiger partial charge is 0.387 e. The van der Waals surface area contributed by atoms with E-state index in [0.717, 1.165) is 0 Å². The summed E-state index contributed by atoms with van der Waals surface area (Å²) < 4.78 is 10.4. The number of aliphatic hydroxyl groups is 2. The summed E-state index contributed by atoms with van der Waals surface area (Å²) in [6.07, 6.45) is 0.532. The molecule has 2 N–H and O–H groups in total. The molecule has 74 valence electrons. The van der Waals surface area contributed by atoms with Crippen molar-refractivity contribution in [2.24, 2.45) is 0 Å². The second-order valence-corrected chi connectivity index (χ2v) is 3.97. The monoisotopic (exact) mass is 186 g/mol. The molecule has 4 heteroatoms. The standard InChI is InChI=1S/C9H14O4/c1-3-6-7(10)9(5-12-9)4-8(2,11)13-6/h3,6-7,10-11H,1,4-5H2,2H3/t6-,7-,8+,9-/m1/s1. The normalized spacial score (nSPS) is 55.0. The molecule has 4 nitrogen and oxygen atoms in total. The fourth-order valence-electron chi connectivity index (χ4n) is 1.90. The van der Waals surface area contributed by atoms with Gasteiger partial charge in [-0.2, -0.15) is 0 Å². The van der Waals surface area contributed by atoms with Crippen molar-refractivity contribution < 1.29 is 19.7 Å². The van der Waals surface area contributed by atoms with Crippen molar-refractivity contribution in [3.8, 4) is 0 Å². The van der Waals surface area contributed by atoms with E-state index < -0.39 is 23.6 Å². The van der Waals surface area contributed by atoms with Crippen LogP contribution in [0.2, 0.25) is 0 Å². The molecule has 1 spiro atoms. The van der Waals surface area contributed by atoms with Gasteiger partial charge in [-0.3, -0.25) is 0 Å². The van der Waals surface area contributed by atoms with Crippen LogP contribution in [0.5, 0.6) is 0 Å². The molecule has 0 aromatic carbocycles.